The van der Waals surface area contributed by atoms with Crippen molar-refractivity contribution < 1.29 is 23.8 Å². The molecular weight excluding hydrogens is 366 g/mol. The van der Waals surface area contributed by atoms with Crippen LogP contribution in [0.5, 0.6) is 17.2 Å². The molecule has 2 aliphatic rings. The van der Waals surface area contributed by atoms with Crippen LogP contribution in [0, 0.1) is 5.92 Å². The molecule has 0 fully saturated rings. The van der Waals surface area contributed by atoms with Gasteiger partial charge in [-0.05, 0) is 17.7 Å². The van der Waals surface area contributed by atoms with Crippen molar-refractivity contribution in [3.05, 3.63) is 24.0 Å². The number of fused-ring (bicyclic) bond motifs is 3. The second-order valence-electron chi connectivity index (χ2n) is 6.48. The van der Waals surface area contributed by atoms with E-state index in [9.17, 15) is 9.59 Å². The quantitative estimate of drug-likeness (QED) is 0.768. The SMILES string of the molecule is COc1cc(C2CC(=O)N=C3C2C(=O)N(C)c2ncnn23)cc(OC)c1OC. The van der Waals surface area contributed by atoms with E-state index in [1.807, 2.05) is 0 Å². The number of nitrogens with zero attached hydrogens (tertiary/aromatic N) is 5. The molecule has 0 N–H and O–H groups in total. The number of rotatable bonds is 4. The highest BCUT2D eigenvalue weighted by Crippen LogP contribution is 2.44. The third kappa shape index (κ3) is 2.52. The van der Waals surface area contributed by atoms with E-state index in [2.05, 4.69) is 15.1 Å². The van der Waals surface area contributed by atoms with Crippen LogP contribution in [0.1, 0.15) is 17.9 Å². The minimum Gasteiger partial charge on any atom is -0.493 e. The molecule has 10 nitrogen and oxygen atoms in total. The number of carbonyl (C=O) groups excluding carboxylic acids is 2. The van der Waals surface area contributed by atoms with E-state index in [1.165, 1.54) is 37.2 Å². The van der Waals surface area contributed by atoms with Crippen molar-refractivity contribution in [1.82, 2.24) is 14.8 Å². The Morgan fingerprint density at radius 2 is 1.75 bits per heavy atom. The van der Waals surface area contributed by atoms with Gasteiger partial charge in [-0.3, -0.25) is 14.5 Å². The first-order valence-electron chi connectivity index (χ1n) is 8.59. The van der Waals surface area contributed by atoms with Gasteiger partial charge >= 0.3 is 0 Å². The smallest absolute Gasteiger partial charge is 0.248 e. The van der Waals surface area contributed by atoms with Gasteiger partial charge in [0.25, 0.3) is 0 Å². The number of benzene rings is 1. The minimum absolute atomic E-state index is 0.0798. The number of amides is 2. The van der Waals surface area contributed by atoms with Crippen LogP contribution in [-0.4, -0.2) is 60.8 Å². The normalized spacial score (nSPS) is 21.0. The summed E-state index contributed by atoms with van der Waals surface area (Å²) in [5, 5.41) is 4.14. The number of hydrogen-bond acceptors (Lipinski definition) is 7. The Hall–Kier alpha value is -3.43. The van der Waals surface area contributed by atoms with E-state index < -0.39 is 11.8 Å². The molecule has 146 valence electrons. The summed E-state index contributed by atoms with van der Waals surface area (Å²) in [7, 11) is 6.17. The standard InChI is InChI=1S/C18H19N5O5/c1-22-17(25)14-10(7-13(24)21-16(14)23-18(22)19-8-20-23)9-5-11(26-2)15(28-4)12(6-9)27-3/h5-6,8,10,14H,7H2,1-4H3. The van der Waals surface area contributed by atoms with E-state index in [-0.39, 0.29) is 24.1 Å². The van der Waals surface area contributed by atoms with Crippen LogP contribution in [0.4, 0.5) is 5.95 Å². The van der Waals surface area contributed by atoms with Crippen molar-refractivity contribution in [2.24, 2.45) is 10.9 Å². The van der Waals surface area contributed by atoms with Gasteiger partial charge in [0.05, 0.1) is 21.3 Å². The van der Waals surface area contributed by atoms with Gasteiger partial charge in [0.2, 0.25) is 23.5 Å². The zero-order valence-electron chi connectivity index (χ0n) is 15.9. The molecule has 4 rings (SSSR count). The van der Waals surface area contributed by atoms with Crippen LogP contribution in [0.2, 0.25) is 0 Å². The van der Waals surface area contributed by atoms with Crippen molar-refractivity contribution in [2.75, 3.05) is 33.3 Å². The summed E-state index contributed by atoms with van der Waals surface area (Å²) in [6.07, 6.45) is 1.41. The Morgan fingerprint density at radius 1 is 1.07 bits per heavy atom. The number of carbonyl (C=O) groups is 2. The van der Waals surface area contributed by atoms with Crippen LogP contribution in [-0.2, 0) is 9.59 Å². The van der Waals surface area contributed by atoms with Crippen LogP contribution < -0.4 is 19.1 Å². The monoisotopic (exact) mass is 385 g/mol. The predicted molar refractivity (Wildman–Crippen MR) is 98.2 cm³/mol. The lowest BCUT2D eigenvalue weighted by Crippen LogP contribution is -2.51. The molecule has 3 heterocycles. The van der Waals surface area contributed by atoms with Gasteiger partial charge in [-0.2, -0.15) is 19.8 Å². The lowest BCUT2D eigenvalue weighted by atomic mass is 9.79. The molecule has 2 amide bonds. The van der Waals surface area contributed by atoms with Gasteiger partial charge in [0.1, 0.15) is 12.2 Å². The van der Waals surface area contributed by atoms with E-state index >= 15 is 0 Å². The lowest BCUT2D eigenvalue weighted by Gasteiger charge is -2.36. The molecular formula is C18H19N5O5. The van der Waals surface area contributed by atoms with Gasteiger partial charge in [-0.25, -0.2) is 0 Å². The zero-order valence-corrected chi connectivity index (χ0v) is 15.9. The van der Waals surface area contributed by atoms with E-state index in [0.717, 1.165) is 0 Å². The van der Waals surface area contributed by atoms with Gasteiger partial charge in [-0.15, -0.1) is 0 Å². The summed E-state index contributed by atoms with van der Waals surface area (Å²) >= 11 is 0. The molecule has 0 saturated heterocycles. The second kappa shape index (κ2) is 6.63. The minimum atomic E-state index is -0.681. The van der Waals surface area contributed by atoms with Crippen molar-refractivity contribution in [2.45, 2.75) is 12.3 Å². The summed E-state index contributed by atoms with van der Waals surface area (Å²) < 4.78 is 17.6. The Bertz CT molecular complexity index is 973. The Labute approximate surface area is 160 Å². The number of aromatic nitrogens is 3. The first-order valence-corrected chi connectivity index (χ1v) is 8.59. The van der Waals surface area contributed by atoms with Crippen LogP contribution in [0.15, 0.2) is 23.5 Å². The number of ether oxygens (including phenoxy) is 3. The largest absolute Gasteiger partial charge is 0.493 e. The Balaban J connectivity index is 1.87. The second-order valence-corrected chi connectivity index (χ2v) is 6.48. The van der Waals surface area contributed by atoms with Crippen LogP contribution >= 0.6 is 0 Å². The first-order chi connectivity index (χ1) is 13.5. The fourth-order valence-corrected chi connectivity index (χ4v) is 3.75. The third-order valence-corrected chi connectivity index (χ3v) is 5.07. The average molecular weight is 385 g/mol. The molecule has 0 spiro atoms. The molecule has 2 aliphatic heterocycles. The van der Waals surface area contributed by atoms with Crippen molar-refractivity contribution in [3.63, 3.8) is 0 Å². The summed E-state index contributed by atoms with van der Waals surface area (Å²) in [6.45, 7) is 0. The number of hydrogen-bond donors (Lipinski definition) is 0. The maximum atomic E-state index is 13.1. The number of methoxy groups -OCH3 is 3. The maximum absolute atomic E-state index is 13.1. The van der Waals surface area contributed by atoms with Crippen molar-refractivity contribution >= 4 is 23.6 Å². The fourth-order valence-electron chi connectivity index (χ4n) is 3.75. The highest BCUT2D eigenvalue weighted by Gasteiger charge is 2.46. The fraction of sp³-hybridized carbons (Fsp3) is 0.389. The average Bonchev–Trinajstić information content (AvgIpc) is 3.20. The summed E-state index contributed by atoms with van der Waals surface area (Å²) in [6, 6.07) is 3.51. The van der Waals surface area contributed by atoms with Gasteiger partial charge in [0.15, 0.2) is 17.3 Å². The molecule has 0 radical (unpaired) electrons. The molecule has 28 heavy (non-hydrogen) atoms. The highest BCUT2D eigenvalue weighted by atomic mass is 16.5. The summed E-state index contributed by atoms with van der Waals surface area (Å²) in [4.78, 5) is 35.1. The molecule has 2 unspecified atom stereocenters. The molecule has 1 aromatic heterocycles. The Morgan fingerprint density at radius 3 is 2.36 bits per heavy atom. The van der Waals surface area contributed by atoms with Crippen LogP contribution in [0.25, 0.3) is 0 Å². The topological polar surface area (TPSA) is 108 Å². The number of aliphatic imine (C=N–C) groups is 1. The molecule has 0 bridgehead atoms. The molecule has 0 aliphatic carbocycles. The van der Waals surface area contributed by atoms with Crippen LogP contribution in [0.3, 0.4) is 0 Å². The molecule has 2 aromatic rings. The summed E-state index contributed by atoms with van der Waals surface area (Å²) in [5.41, 5.74) is 0.713. The summed E-state index contributed by atoms with van der Waals surface area (Å²) in [5.74, 6) is 0.284. The van der Waals surface area contributed by atoms with Gasteiger partial charge in [-0.1, -0.05) is 0 Å². The molecule has 2 atom stereocenters. The molecule has 0 saturated carbocycles. The van der Waals surface area contributed by atoms with E-state index in [0.29, 0.717) is 28.8 Å². The number of anilines is 1. The van der Waals surface area contributed by atoms with Crippen molar-refractivity contribution in [1.29, 1.82) is 0 Å². The first kappa shape index (κ1) is 18.0. The molecule has 10 heteroatoms. The van der Waals surface area contributed by atoms with Crippen molar-refractivity contribution in [3.8, 4) is 17.2 Å². The lowest BCUT2D eigenvalue weighted by molar-refractivity contribution is -0.123. The predicted octanol–water partition coefficient (Wildman–Crippen LogP) is 0.857. The van der Waals surface area contributed by atoms with Gasteiger partial charge < -0.3 is 14.2 Å². The third-order valence-electron chi connectivity index (χ3n) is 5.07. The zero-order chi connectivity index (χ0) is 20.0. The molecule has 1 aromatic carbocycles. The Kier molecular flexibility index (Phi) is 4.25. The highest BCUT2D eigenvalue weighted by molar-refractivity contribution is 6.17. The van der Waals surface area contributed by atoms with E-state index in [4.69, 9.17) is 14.2 Å². The van der Waals surface area contributed by atoms with E-state index in [1.54, 1.807) is 19.2 Å². The van der Waals surface area contributed by atoms with Gasteiger partial charge in [0, 0.05) is 19.4 Å². The maximum Gasteiger partial charge on any atom is 0.248 e.